The molecule has 176 valence electrons. The molecule has 0 bridgehead atoms. The van der Waals surface area contributed by atoms with Crippen molar-refractivity contribution in [1.82, 2.24) is 0 Å². The van der Waals surface area contributed by atoms with Crippen molar-refractivity contribution in [2.24, 2.45) is 5.92 Å². The molecular formula is C24H23N3O6S. The van der Waals surface area contributed by atoms with Crippen LogP contribution >= 0.6 is 0 Å². The van der Waals surface area contributed by atoms with Gasteiger partial charge in [-0.3, -0.25) is 14.3 Å². The Morgan fingerprint density at radius 2 is 1.65 bits per heavy atom. The molecule has 9 nitrogen and oxygen atoms in total. The smallest absolute Gasteiger partial charge is 0.262 e. The minimum atomic E-state index is -4.04. The van der Waals surface area contributed by atoms with E-state index in [0.717, 1.165) is 18.9 Å². The van der Waals surface area contributed by atoms with Crippen LogP contribution in [-0.4, -0.2) is 32.4 Å². The molecule has 4 N–H and O–H groups in total. The van der Waals surface area contributed by atoms with Crippen molar-refractivity contribution in [3.05, 3.63) is 72.3 Å². The van der Waals surface area contributed by atoms with Crippen molar-refractivity contribution >= 4 is 38.9 Å². The van der Waals surface area contributed by atoms with Crippen LogP contribution in [-0.2, 0) is 14.8 Å². The van der Waals surface area contributed by atoms with Gasteiger partial charge in [-0.1, -0.05) is 12.1 Å². The minimum Gasteiger partial charge on any atom is -0.506 e. The van der Waals surface area contributed by atoms with Gasteiger partial charge in [0.05, 0.1) is 23.4 Å². The molecule has 3 aromatic rings. The molecule has 1 aliphatic rings. The number of hydrogen-bond donors (Lipinski definition) is 4. The molecule has 3 aromatic carbocycles. The van der Waals surface area contributed by atoms with Crippen molar-refractivity contribution in [3.63, 3.8) is 0 Å². The highest BCUT2D eigenvalue weighted by Gasteiger charge is 2.29. The van der Waals surface area contributed by atoms with Crippen LogP contribution < -0.4 is 20.1 Å². The maximum absolute atomic E-state index is 12.9. The molecule has 1 saturated carbocycles. The molecule has 0 unspecified atom stereocenters. The molecule has 10 heteroatoms. The Morgan fingerprint density at radius 3 is 2.32 bits per heavy atom. The van der Waals surface area contributed by atoms with Crippen molar-refractivity contribution in [3.8, 4) is 11.5 Å². The summed E-state index contributed by atoms with van der Waals surface area (Å²) in [5.41, 5.74) is 1.02. The summed E-state index contributed by atoms with van der Waals surface area (Å²) in [5, 5.41) is 15.5. The highest BCUT2D eigenvalue weighted by atomic mass is 32.2. The lowest BCUT2D eigenvalue weighted by Crippen LogP contribution is -2.16. The van der Waals surface area contributed by atoms with Gasteiger partial charge in [0, 0.05) is 17.2 Å². The molecule has 0 radical (unpaired) electrons. The number of phenolic OH excluding ortho intramolecular Hbond substituents is 1. The summed E-state index contributed by atoms with van der Waals surface area (Å²) in [7, 11) is -2.61. The lowest BCUT2D eigenvalue weighted by Gasteiger charge is -2.13. The van der Waals surface area contributed by atoms with E-state index in [0.29, 0.717) is 11.4 Å². The first kappa shape index (κ1) is 23.1. The third-order valence-corrected chi connectivity index (χ3v) is 6.60. The number of amides is 2. The van der Waals surface area contributed by atoms with Crippen molar-refractivity contribution in [2.45, 2.75) is 17.7 Å². The predicted molar refractivity (Wildman–Crippen MR) is 128 cm³/mol. The predicted octanol–water partition coefficient (Wildman–Crippen LogP) is 3.80. The SMILES string of the molecule is COc1ccccc1NS(=O)(=O)c1ccc(O)c(NC(=O)c2ccc(NC(=O)C3CC3)cc2)c1. The number of aromatic hydroxyl groups is 1. The van der Waals surface area contributed by atoms with Gasteiger partial charge in [-0.15, -0.1) is 0 Å². The summed E-state index contributed by atoms with van der Waals surface area (Å²) in [6.45, 7) is 0. The first-order valence-electron chi connectivity index (χ1n) is 10.5. The number of methoxy groups -OCH3 is 1. The standard InChI is InChI=1S/C24H23N3O6S/c1-33-22-5-3-2-4-19(22)27-34(31,32)18-12-13-21(28)20(14-18)26-24(30)16-8-10-17(11-9-16)25-23(29)15-6-7-15/h2-5,8-15,27-28H,6-7H2,1H3,(H,25,29)(H,26,30). The van der Waals surface area contributed by atoms with E-state index in [2.05, 4.69) is 15.4 Å². The molecule has 0 spiro atoms. The second-order valence-corrected chi connectivity index (χ2v) is 9.46. The summed E-state index contributed by atoms with van der Waals surface area (Å²) >= 11 is 0. The number of hydrogen-bond acceptors (Lipinski definition) is 6. The average Bonchev–Trinajstić information content (AvgIpc) is 3.66. The Hall–Kier alpha value is -4.05. The van der Waals surface area contributed by atoms with Gasteiger partial charge in [0.2, 0.25) is 5.91 Å². The molecule has 0 saturated heterocycles. The normalized spacial score (nSPS) is 13.1. The average molecular weight is 482 g/mol. The number of ether oxygens (including phenoxy) is 1. The molecule has 0 aliphatic heterocycles. The molecule has 1 fully saturated rings. The number of para-hydroxylation sites is 2. The van der Waals surface area contributed by atoms with Crippen LogP contribution in [0.2, 0.25) is 0 Å². The topological polar surface area (TPSA) is 134 Å². The molecule has 0 aromatic heterocycles. The van der Waals surface area contributed by atoms with Crippen molar-refractivity contribution < 1.29 is 27.9 Å². The summed E-state index contributed by atoms with van der Waals surface area (Å²) in [6, 6.07) is 16.4. The zero-order valence-electron chi connectivity index (χ0n) is 18.2. The first-order valence-corrected chi connectivity index (χ1v) is 12.0. The van der Waals surface area contributed by atoms with Crippen LogP contribution in [0.4, 0.5) is 17.1 Å². The molecular weight excluding hydrogens is 458 g/mol. The zero-order valence-corrected chi connectivity index (χ0v) is 19.1. The Labute approximate surface area is 196 Å². The Balaban J connectivity index is 1.49. The van der Waals surface area contributed by atoms with Crippen LogP contribution in [0.1, 0.15) is 23.2 Å². The van der Waals surface area contributed by atoms with Crippen LogP contribution in [0.25, 0.3) is 0 Å². The van der Waals surface area contributed by atoms with Gasteiger partial charge >= 0.3 is 0 Å². The second kappa shape index (κ2) is 9.44. The number of sulfonamides is 1. The number of phenols is 1. The lowest BCUT2D eigenvalue weighted by molar-refractivity contribution is -0.117. The number of carbonyl (C=O) groups excluding carboxylic acids is 2. The van der Waals surface area contributed by atoms with E-state index >= 15 is 0 Å². The van der Waals surface area contributed by atoms with E-state index in [9.17, 15) is 23.1 Å². The molecule has 0 atom stereocenters. The van der Waals surface area contributed by atoms with Gasteiger partial charge in [0.25, 0.3) is 15.9 Å². The molecule has 0 heterocycles. The molecule has 34 heavy (non-hydrogen) atoms. The third kappa shape index (κ3) is 5.29. The van der Waals surface area contributed by atoms with Crippen molar-refractivity contribution in [1.29, 1.82) is 0 Å². The van der Waals surface area contributed by atoms with Crippen LogP contribution in [0.5, 0.6) is 11.5 Å². The summed E-state index contributed by atoms with van der Waals surface area (Å²) in [5.74, 6) is -0.482. The zero-order chi connectivity index (χ0) is 24.3. The highest BCUT2D eigenvalue weighted by molar-refractivity contribution is 7.92. The highest BCUT2D eigenvalue weighted by Crippen LogP contribution is 2.31. The Bertz CT molecular complexity index is 1340. The molecule has 1 aliphatic carbocycles. The number of benzene rings is 3. The third-order valence-electron chi connectivity index (χ3n) is 5.24. The van der Waals surface area contributed by atoms with E-state index in [1.807, 2.05) is 0 Å². The molecule has 4 rings (SSSR count). The number of nitrogens with one attached hydrogen (secondary N) is 3. The lowest BCUT2D eigenvalue weighted by atomic mass is 10.2. The van der Waals surface area contributed by atoms with E-state index in [4.69, 9.17) is 4.74 Å². The van der Waals surface area contributed by atoms with E-state index in [-0.39, 0.29) is 39.4 Å². The number of carbonyl (C=O) groups is 2. The van der Waals surface area contributed by atoms with Crippen LogP contribution in [0, 0.1) is 5.92 Å². The first-order chi connectivity index (χ1) is 16.3. The van der Waals surface area contributed by atoms with E-state index in [1.165, 1.54) is 31.4 Å². The quantitative estimate of drug-likeness (QED) is 0.362. The van der Waals surface area contributed by atoms with Crippen LogP contribution in [0.3, 0.4) is 0 Å². The van der Waals surface area contributed by atoms with E-state index in [1.54, 1.807) is 36.4 Å². The van der Waals surface area contributed by atoms with Crippen molar-refractivity contribution in [2.75, 3.05) is 22.5 Å². The van der Waals surface area contributed by atoms with Gasteiger partial charge in [0.1, 0.15) is 11.5 Å². The van der Waals surface area contributed by atoms with Gasteiger partial charge in [-0.05, 0) is 67.4 Å². The largest absolute Gasteiger partial charge is 0.506 e. The fraction of sp³-hybridized carbons (Fsp3) is 0.167. The monoisotopic (exact) mass is 481 g/mol. The molecule has 2 amide bonds. The summed E-state index contributed by atoms with van der Waals surface area (Å²) in [4.78, 5) is 24.4. The van der Waals surface area contributed by atoms with Crippen LogP contribution in [0.15, 0.2) is 71.6 Å². The minimum absolute atomic E-state index is 0.0399. The second-order valence-electron chi connectivity index (χ2n) is 7.78. The van der Waals surface area contributed by atoms with E-state index < -0.39 is 15.9 Å². The number of rotatable bonds is 8. The maximum atomic E-state index is 12.9. The fourth-order valence-electron chi connectivity index (χ4n) is 3.20. The Kier molecular flexibility index (Phi) is 6.42. The number of anilines is 3. The van der Waals surface area contributed by atoms with Gasteiger partial charge in [0.15, 0.2) is 0 Å². The Morgan fingerprint density at radius 1 is 0.941 bits per heavy atom. The fourth-order valence-corrected chi connectivity index (χ4v) is 4.30. The van der Waals surface area contributed by atoms with Gasteiger partial charge in [-0.2, -0.15) is 0 Å². The summed E-state index contributed by atoms with van der Waals surface area (Å²) < 4.78 is 33.3. The summed E-state index contributed by atoms with van der Waals surface area (Å²) in [6.07, 6.45) is 1.78. The van der Waals surface area contributed by atoms with Gasteiger partial charge in [-0.25, -0.2) is 8.42 Å². The maximum Gasteiger partial charge on any atom is 0.262 e. The van der Waals surface area contributed by atoms with Gasteiger partial charge < -0.3 is 20.5 Å².